The molecule has 0 unspecified atom stereocenters. The van der Waals surface area contributed by atoms with Crippen molar-refractivity contribution in [3.8, 4) is 0 Å². The van der Waals surface area contributed by atoms with Crippen LogP contribution >= 0.6 is 0 Å². The number of Topliss-reactive ketones (excluding diaryl/α,β-unsaturated/α-hetero) is 1. The SMILES string of the molecule is CC(C)(C)[Si](C)(C)OC[C@H]1O[C@@H](n2cnc3c(N)ncnc32)C(=O)[C@@H]1O[Si](C)(C)C(C)(C)C. The number of hydrogen-bond donors (Lipinski definition) is 1. The van der Waals surface area contributed by atoms with Gasteiger partial charge in [0.2, 0.25) is 5.78 Å². The van der Waals surface area contributed by atoms with Crippen LogP contribution in [-0.4, -0.2) is 60.8 Å². The van der Waals surface area contributed by atoms with Crippen LogP contribution in [0, 0.1) is 0 Å². The molecule has 3 heterocycles. The first-order valence-electron chi connectivity index (χ1n) is 11.4. The maximum atomic E-state index is 13.7. The molecule has 11 heteroatoms. The van der Waals surface area contributed by atoms with E-state index in [4.69, 9.17) is 19.3 Å². The second kappa shape index (κ2) is 8.52. The number of nitrogens with two attached hydrogens (primary N) is 1. The molecule has 3 rings (SSSR count). The lowest BCUT2D eigenvalue weighted by atomic mass is 10.1. The number of anilines is 1. The van der Waals surface area contributed by atoms with Crippen molar-refractivity contribution >= 4 is 39.4 Å². The van der Waals surface area contributed by atoms with Gasteiger partial charge in [-0.3, -0.25) is 9.36 Å². The largest absolute Gasteiger partial charge is 0.414 e. The van der Waals surface area contributed by atoms with Gasteiger partial charge in [0, 0.05) is 0 Å². The number of aromatic nitrogens is 4. The van der Waals surface area contributed by atoms with Crippen LogP contribution in [0.2, 0.25) is 36.3 Å². The van der Waals surface area contributed by atoms with E-state index in [0.717, 1.165) is 0 Å². The summed E-state index contributed by atoms with van der Waals surface area (Å²) in [6.45, 7) is 22.0. The molecule has 33 heavy (non-hydrogen) atoms. The molecule has 1 fully saturated rings. The van der Waals surface area contributed by atoms with Crippen LogP contribution in [0.1, 0.15) is 47.8 Å². The summed E-state index contributed by atoms with van der Waals surface area (Å²) in [5.41, 5.74) is 6.84. The van der Waals surface area contributed by atoms with Gasteiger partial charge in [-0.05, 0) is 36.3 Å². The van der Waals surface area contributed by atoms with E-state index in [-0.39, 0.29) is 21.7 Å². The molecular weight excluding hydrogens is 454 g/mol. The Bertz CT molecular complexity index is 1030. The van der Waals surface area contributed by atoms with Gasteiger partial charge in [-0.15, -0.1) is 0 Å². The Kier molecular flexibility index (Phi) is 6.70. The molecule has 0 amide bonds. The first-order valence-corrected chi connectivity index (χ1v) is 17.2. The Morgan fingerprint density at radius 1 is 1.03 bits per heavy atom. The van der Waals surface area contributed by atoms with E-state index in [0.29, 0.717) is 17.8 Å². The van der Waals surface area contributed by atoms with Crippen molar-refractivity contribution in [1.29, 1.82) is 0 Å². The smallest absolute Gasteiger partial charge is 0.212 e. The summed E-state index contributed by atoms with van der Waals surface area (Å²) in [5.74, 6) is 0.108. The van der Waals surface area contributed by atoms with Crippen molar-refractivity contribution in [3.63, 3.8) is 0 Å². The normalized spacial score (nSPS) is 23.0. The number of carbonyl (C=O) groups excluding carboxylic acids is 1. The molecule has 184 valence electrons. The molecule has 9 nitrogen and oxygen atoms in total. The highest BCUT2D eigenvalue weighted by Gasteiger charge is 2.51. The summed E-state index contributed by atoms with van der Waals surface area (Å²) in [4.78, 5) is 26.2. The summed E-state index contributed by atoms with van der Waals surface area (Å²) in [5, 5.41) is -0.0145. The highest BCUT2D eigenvalue weighted by molar-refractivity contribution is 6.74. The maximum Gasteiger partial charge on any atom is 0.212 e. The minimum absolute atomic E-state index is 0.0415. The standard InChI is InChI=1S/C22H39N5O4Si2/c1-21(2,3)32(7,8)29-11-14-17(31-33(9,10)22(4,5)6)16(28)20(30-14)27-13-26-15-18(23)24-12-25-19(15)27/h12-14,17,20H,11H2,1-10H3,(H2,23,24,25)/t14-,17-,20-/m1/s1. The monoisotopic (exact) mass is 493 g/mol. The van der Waals surface area contributed by atoms with Crippen molar-refractivity contribution in [1.82, 2.24) is 19.5 Å². The fraction of sp³-hybridized carbons (Fsp3) is 0.727. The van der Waals surface area contributed by atoms with E-state index in [9.17, 15) is 4.79 Å². The second-order valence-corrected chi connectivity index (χ2v) is 21.4. The Morgan fingerprint density at radius 2 is 1.64 bits per heavy atom. The molecule has 0 bridgehead atoms. The molecule has 0 saturated carbocycles. The minimum atomic E-state index is -2.26. The van der Waals surface area contributed by atoms with Crippen molar-refractivity contribution in [3.05, 3.63) is 12.7 Å². The van der Waals surface area contributed by atoms with Gasteiger partial charge in [0.15, 0.2) is 34.3 Å². The van der Waals surface area contributed by atoms with Gasteiger partial charge in [-0.25, -0.2) is 15.0 Å². The first kappa shape index (κ1) is 25.9. The molecule has 2 N–H and O–H groups in total. The minimum Gasteiger partial charge on any atom is -0.414 e. The number of nitrogen functional groups attached to an aromatic ring is 1. The summed E-state index contributed by atoms with van der Waals surface area (Å²) in [6.07, 6.45) is 0.724. The first-order chi connectivity index (χ1) is 15.0. The quantitative estimate of drug-likeness (QED) is 0.593. The predicted molar refractivity (Wildman–Crippen MR) is 134 cm³/mol. The number of imidazole rings is 1. The van der Waals surface area contributed by atoms with Gasteiger partial charge < -0.3 is 19.3 Å². The topological polar surface area (TPSA) is 114 Å². The van der Waals surface area contributed by atoms with Gasteiger partial charge in [0.1, 0.15) is 24.1 Å². The summed E-state index contributed by atoms with van der Waals surface area (Å²) in [7, 11) is -4.31. The average Bonchev–Trinajstić information content (AvgIpc) is 3.21. The predicted octanol–water partition coefficient (Wildman–Crippen LogP) is 4.29. The fourth-order valence-electron chi connectivity index (χ4n) is 3.13. The zero-order chi connectivity index (χ0) is 25.0. The number of rotatable bonds is 6. The molecule has 0 spiro atoms. The van der Waals surface area contributed by atoms with Crippen LogP contribution in [0.4, 0.5) is 5.82 Å². The van der Waals surface area contributed by atoms with Crippen molar-refractivity contribution in [2.24, 2.45) is 0 Å². The van der Waals surface area contributed by atoms with E-state index in [1.165, 1.54) is 12.7 Å². The van der Waals surface area contributed by atoms with Crippen LogP contribution < -0.4 is 5.73 Å². The van der Waals surface area contributed by atoms with Gasteiger partial charge in [0.25, 0.3) is 0 Å². The molecule has 1 saturated heterocycles. The van der Waals surface area contributed by atoms with Crippen molar-refractivity contribution in [2.75, 3.05) is 12.3 Å². The molecule has 1 aliphatic rings. The van der Waals surface area contributed by atoms with E-state index in [2.05, 4.69) is 82.7 Å². The molecule has 1 aliphatic heterocycles. The molecular formula is C22H39N5O4Si2. The van der Waals surface area contributed by atoms with E-state index in [1.807, 2.05) is 0 Å². The third-order valence-electron chi connectivity index (χ3n) is 7.45. The zero-order valence-corrected chi connectivity index (χ0v) is 23.6. The van der Waals surface area contributed by atoms with Gasteiger partial charge >= 0.3 is 0 Å². The summed E-state index contributed by atoms with van der Waals surface area (Å²) in [6, 6.07) is 0. The Labute approximate surface area is 198 Å². The van der Waals surface area contributed by atoms with E-state index >= 15 is 0 Å². The van der Waals surface area contributed by atoms with Gasteiger partial charge in [-0.2, -0.15) is 0 Å². The van der Waals surface area contributed by atoms with Crippen LogP contribution in [0.15, 0.2) is 12.7 Å². The Hall–Kier alpha value is -1.67. The lowest BCUT2D eigenvalue weighted by Crippen LogP contribution is -2.50. The third kappa shape index (κ3) is 4.92. The van der Waals surface area contributed by atoms with Gasteiger partial charge in [0.05, 0.1) is 12.9 Å². The number of nitrogens with zero attached hydrogens (tertiary/aromatic N) is 4. The van der Waals surface area contributed by atoms with Crippen molar-refractivity contribution < 1.29 is 18.4 Å². The maximum absolute atomic E-state index is 13.7. The number of ketones is 1. The molecule has 0 radical (unpaired) electrons. The fourth-order valence-corrected chi connectivity index (χ4v) is 5.40. The van der Waals surface area contributed by atoms with E-state index < -0.39 is 35.1 Å². The molecule has 0 aliphatic carbocycles. The molecule has 2 aromatic heterocycles. The number of hydrogen-bond acceptors (Lipinski definition) is 8. The van der Waals surface area contributed by atoms with Crippen molar-refractivity contribution in [2.45, 2.75) is 96.2 Å². The molecule has 2 aromatic rings. The summed E-state index contributed by atoms with van der Waals surface area (Å²) >= 11 is 0. The Balaban J connectivity index is 1.95. The number of ether oxygens (including phenoxy) is 1. The van der Waals surface area contributed by atoms with Crippen LogP contribution in [-0.2, 0) is 18.4 Å². The third-order valence-corrected chi connectivity index (χ3v) is 16.4. The van der Waals surface area contributed by atoms with Crippen LogP contribution in [0.3, 0.4) is 0 Å². The molecule has 0 aromatic carbocycles. The summed E-state index contributed by atoms with van der Waals surface area (Å²) < 4.78 is 21.0. The lowest BCUT2D eigenvalue weighted by molar-refractivity contribution is -0.129. The van der Waals surface area contributed by atoms with Crippen LogP contribution in [0.25, 0.3) is 11.2 Å². The lowest BCUT2D eigenvalue weighted by Gasteiger charge is -2.40. The Morgan fingerprint density at radius 3 is 2.21 bits per heavy atom. The van der Waals surface area contributed by atoms with Crippen LogP contribution in [0.5, 0.6) is 0 Å². The van der Waals surface area contributed by atoms with Gasteiger partial charge in [-0.1, -0.05) is 41.5 Å². The number of fused-ring (bicyclic) bond motifs is 1. The molecule has 3 atom stereocenters. The second-order valence-electron chi connectivity index (χ2n) is 11.9. The zero-order valence-electron chi connectivity index (χ0n) is 21.6. The average molecular weight is 494 g/mol. The number of carbonyl (C=O) groups is 1. The highest BCUT2D eigenvalue weighted by Crippen LogP contribution is 2.42. The highest BCUT2D eigenvalue weighted by atomic mass is 28.4. The van der Waals surface area contributed by atoms with E-state index in [1.54, 1.807) is 4.57 Å².